The van der Waals surface area contributed by atoms with Crippen LogP contribution in [-0.2, 0) is 6.54 Å². The summed E-state index contributed by atoms with van der Waals surface area (Å²) >= 11 is 0. The fraction of sp³-hybridized carbons (Fsp3) is 0.211. The Hall–Kier alpha value is -3.15. The van der Waals surface area contributed by atoms with E-state index in [1.54, 1.807) is 13.3 Å². The average molecular weight is 335 g/mol. The Bertz CT molecular complexity index is 849. The van der Waals surface area contributed by atoms with Crippen molar-refractivity contribution in [1.29, 1.82) is 0 Å². The van der Waals surface area contributed by atoms with E-state index in [0.29, 0.717) is 18.3 Å². The number of anilines is 3. The number of hydrogen-bond acceptors (Lipinski definition) is 6. The van der Waals surface area contributed by atoms with Crippen LogP contribution in [0.5, 0.6) is 5.75 Å². The molecule has 3 aromatic rings. The molecule has 6 nitrogen and oxygen atoms in total. The maximum atomic E-state index is 5.16. The molecule has 0 bridgehead atoms. The van der Waals surface area contributed by atoms with Crippen molar-refractivity contribution in [2.75, 3.05) is 17.7 Å². The molecule has 0 amide bonds. The van der Waals surface area contributed by atoms with Gasteiger partial charge in [0.1, 0.15) is 5.75 Å². The SMILES string of the molecule is COc1ccc(CNc2nncc(Nc3ccc(C)cc3C)n2)cc1. The summed E-state index contributed by atoms with van der Waals surface area (Å²) in [6.07, 6.45) is 1.61. The number of methoxy groups -OCH3 is 1. The van der Waals surface area contributed by atoms with Gasteiger partial charge in [0.25, 0.3) is 0 Å². The molecule has 0 saturated carbocycles. The third-order valence-corrected chi connectivity index (χ3v) is 3.81. The van der Waals surface area contributed by atoms with Crippen LogP contribution in [0.1, 0.15) is 16.7 Å². The summed E-state index contributed by atoms with van der Waals surface area (Å²) in [4.78, 5) is 4.46. The van der Waals surface area contributed by atoms with Crippen molar-refractivity contribution in [3.8, 4) is 5.75 Å². The van der Waals surface area contributed by atoms with E-state index < -0.39 is 0 Å². The third-order valence-electron chi connectivity index (χ3n) is 3.81. The van der Waals surface area contributed by atoms with Gasteiger partial charge in [-0.05, 0) is 43.2 Å². The van der Waals surface area contributed by atoms with Crippen LogP contribution in [0.3, 0.4) is 0 Å². The molecule has 6 heteroatoms. The molecule has 0 unspecified atom stereocenters. The minimum atomic E-state index is 0.477. The Morgan fingerprint density at radius 1 is 1.04 bits per heavy atom. The monoisotopic (exact) mass is 335 g/mol. The molecule has 2 aromatic carbocycles. The number of hydrogen-bond donors (Lipinski definition) is 2. The Morgan fingerprint density at radius 3 is 2.56 bits per heavy atom. The zero-order chi connectivity index (χ0) is 17.6. The zero-order valence-electron chi connectivity index (χ0n) is 14.6. The van der Waals surface area contributed by atoms with Gasteiger partial charge in [-0.25, -0.2) is 0 Å². The van der Waals surface area contributed by atoms with Gasteiger partial charge >= 0.3 is 0 Å². The van der Waals surface area contributed by atoms with Gasteiger partial charge in [-0.2, -0.15) is 10.1 Å². The lowest BCUT2D eigenvalue weighted by Gasteiger charge is -2.10. The molecular formula is C19H21N5O. The van der Waals surface area contributed by atoms with Crippen LogP contribution in [0.25, 0.3) is 0 Å². The predicted octanol–water partition coefficient (Wildman–Crippen LogP) is 3.85. The molecule has 0 fully saturated rings. The molecule has 1 aromatic heterocycles. The fourth-order valence-corrected chi connectivity index (χ4v) is 2.46. The van der Waals surface area contributed by atoms with Crippen LogP contribution < -0.4 is 15.4 Å². The standard InChI is InChI=1S/C19H21N5O/c1-13-4-9-17(14(2)10-13)22-18-12-21-24-19(23-18)20-11-15-5-7-16(25-3)8-6-15/h4-10,12H,11H2,1-3H3,(H2,20,22,23,24). The average Bonchev–Trinajstić information content (AvgIpc) is 2.63. The quantitative estimate of drug-likeness (QED) is 0.713. The number of benzene rings is 2. The van der Waals surface area contributed by atoms with Crippen molar-refractivity contribution >= 4 is 17.5 Å². The van der Waals surface area contributed by atoms with Gasteiger partial charge in [0.05, 0.1) is 13.3 Å². The first kappa shape index (κ1) is 16.7. The van der Waals surface area contributed by atoms with E-state index in [0.717, 1.165) is 22.6 Å². The molecule has 0 spiro atoms. The first-order valence-corrected chi connectivity index (χ1v) is 8.05. The fourth-order valence-electron chi connectivity index (χ4n) is 2.46. The molecule has 0 radical (unpaired) electrons. The second kappa shape index (κ2) is 7.61. The van der Waals surface area contributed by atoms with E-state index in [-0.39, 0.29) is 0 Å². The highest BCUT2D eigenvalue weighted by Crippen LogP contribution is 2.20. The Kier molecular flexibility index (Phi) is 5.09. The highest BCUT2D eigenvalue weighted by molar-refractivity contribution is 5.60. The summed E-state index contributed by atoms with van der Waals surface area (Å²) < 4.78 is 5.16. The summed E-state index contributed by atoms with van der Waals surface area (Å²) in [5.41, 5.74) is 4.50. The molecule has 0 aliphatic rings. The molecule has 25 heavy (non-hydrogen) atoms. The highest BCUT2D eigenvalue weighted by atomic mass is 16.5. The van der Waals surface area contributed by atoms with Crippen LogP contribution in [-0.4, -0.2) is 22.3 Å². The first-order valence-electron chi connectivity index (χ1n) is 8.05. The second-order valence-electron chi connectivity index (χ2n) is 5.81. The van der Waals surface area contributed by atoms with Crippen molar-refractivity contribution in [3.63, 3.8) is 0 Å². The maximum Gasteiger partial charge on any atom is 0.244 e. The summed E-state index contributed by atoms with van der Waals surface area (Å²) in [5, 5.41) is 14.5. The van der Waals surface area contributed by atoms with Crippen molar-refractivity contribution in [2.24, 2.45) is 0 Å². The van der Waals surface area contributed by atoms with Gasteiger partial charge in [0.15, 0.2) is 5.82 Å². The molecule has 0 saturated heterocycles. The van der Waals surface area contributed by atoms with Gasteiger partial charge in [-0.3, -0.25) is 0 Å². The van der Waals surface area contributed by atoms with E-state index in [2.05, 4.69) is 51.8 Å². The summed E-state index contributed by atoms with van der Waals surface area (Å²) in [6.45, 7) is 4.75. The number of ether oxygens (including phenoxy) is 1. The molecular weight excluding hydrogens is 314 g/mol. The third kappa shape index (κ3) is 4.44. The van der Waals surface area contributed by atoms with Crippen LogP contribution in [0, 0.1) is 13.8 Å². The molecule has 0 atom stereocenters. The number of aromatic nitrogens is 3. The Morgan fingerprint density at radius 2 is 1.84 bits per heavy atom. The summed E-state index contributed by atoms with van der Waals surface area (Å²) in [7, 11) is 1.65. The summed E-state index contributed by atoms with van der Waals surface area (Å²) in [5.74, 6) is 1.96. The first-order chi connectivity index (χ1) is 12.1. The van der Waals surface area contributed by atoms with Gasteiger partial charge in [-0.1, -0.05) is 29.8 Å². The van der Waals surface area contributed by atoms with Crippen LogP contribution >= 0.6 is 0 Å². The molecule has 0 aliphatic heterocycles. The lowest BCUT2D eigenvalue weighted by Crippen LogP contribution is -2.06. The molecule has 0 aliphatic carbocycles. The minimum absolute atomic E-state index is 0.477. The normalized spacial score (nSPS) is 10.4. The van der Waals surface area contributed by atoms with Crippen molar-refractivity contribution in [1.82, 2.24) is 15.2 Å². The molecule has 1 heterocycles. The van der Waals surface area contributed by atoms with Crippen molar-refractivity contribution in [3.05, 3.63) is 65.4 Å². The lowest BCUT2D eigenvalue weighted by atomic mass is 10.1. The minimum Gasteiger partial charge on any atom is -0.497 e. The van der Waals surface area contributed by atoms with Crippen LogP contribution in [0.4, 0.5) is 17.5 Å². The van der Waals surface area contributed by atoms with Crippen LogP contribution in [0.15, 0.2) is 48.7 Å². The van der Waals surface area contributed by atoms with Gasteiger partial charge < -0.3 is 15.4 Å². The number of rotatable bonds is 6. The van der Waals surface area contributed by atoms with Crippen molar-refractivity contribution in [2.45, 2.75) is 20.4 Å². The second-order valence-corrected chi connectivity index (χ2v) is 5.81. The molecule has 3 rings (SSSR count). The van der Waals surface area contributed by atoms with Gasteiger partial charge in [0.2, 0.25) is 5.95 Å². The largest absolute Gasteiger partial charge is 0.497 e. The van der Waals surface area contributed by atoms with E-state index in [1.807, 2.05) is 30.3 Å². The van der Waals surface area contributed by atoms with Gasteiger partial charge in [-0.15, -0.1) is 5.10 Å². The Balaban J connectivity index is 1.66. The summed E-state index contributed by atoms with van der Waals surface area (Å²) in [6, 6.07) is 14.1. The number of nitrogens with one attached hydrogen (secondary N) is 2. The smallest absolute Gasteiger partial charge is 0.244 e. The van der Waals surface area contributed by atoms with E-state index in [4.69, 9.17) is 4.74 Å². The maximum absolute atomic E-state index is 5.16. The Labute approximate surface area is 147 Å². The number of aryl methyl sites for hydroxylation is 2. The predicted molar refractivity (Wildman–Crippen MR) is 99.3 cm³/mol. The highest BCUT2D eigenvalue weighted by Gasteiger charge is 2.04. The molecule has 2 N–H and O–H groups in total. The van der Waals surface area contributed by atoms with Crippen LogP contribution in [0.2, 0.25) is 0 Å². The van der Waals surface area contributed by atoms with E-state index in [9.17, 15) is 0 Å². The lowest BCUT2D eigenvalue weighted by molar-refractivity contribution is 0.414. The molecule has 128 valence electrons. The van der Waals surface area contributed by atoms with Crippen molar-refractivity contribution < 1.29 is 4.74 Å². The number of nitrogens with zero attached hydrogens (tertiary/aromatic N) is 3. The van der Waals surface area contributed by atoms with Gasteiger partial charge in [0, 0.05) is 12.2 Å². The van der Waals surface area contributed by atoms with E-state index in [1.165, 1.54) is 5.56 Å². The topological polar surface area (TPSA) is 72.0 Å². The van der Waals surface area contributed by atoms with E-state index >= 15 is 0 Å². The zero-order valence-corrected chi connectivity index (χ0v) is 14.6.